The molecule has 1 fully saturated rings. The lowest BCUT2D eigenvalue weighted by molar-refractivity contribution is -0.132. The van der Waals surface area contributed by atoms with E-state index in [1.807, 2.05) is 13.8 Å². The second-order valence-corrected chi connectivity index (χ2v) is 7.93. The quantitative estimate of drug-likeness (QED) is 0.307. The normalized spacial score (nSPS) is 17.6. The van der Waals surface area contributed by atoms with E-state index in [9.17, 15) is 19.1 Å². The summed E-state index contributed by atoms with van der Waals surface area (Å²) in [5.41, 5.74) is 1.20. The molecule has 1 aliphatic heterocycles. The number of hydrogen-bond donors (Lipinski definition) is 1. The third-order valence-electron chi connectivity index (χ3n) is 5.47. The number of aliphatic hydroxyl groups is 1. The predicted octanol–water partition coefficient (Wildman–Crippen LogP) is 5.45. The summed E-state index contributed by atoms with van der Waals surface area (Å²) in [6.07, 6.45) is 0.854. The first-order valence-corrected chi connectivity index (χ1v) is 10.7. The number of aliphatic hydroxyl groups excluding tert-OH is 1. The number of anilines is 1. The molecule has 7 heteroatoms. The monoisotopic (exact) mass is 449 g/mol. The van der Waals surface area contributed by atoms with Crippen LogP contribution in [0.2, 0.25) is 0 Å². The van der Waals surface area contributed by atoms with Crippen LogP contribution < -0.4 is 9.64 Å². The summed E-state index contributed by atoms with van der Waals surface area (Å²) in [6, 6.07) is 12.7. The Hall–Kier alpha value is -3.87. The Bertz CT molecular complexity index is 1260. The van der Waals surface area contributed by atoms with Gasteiger partial charge in [0.05, 0.1) is 12.2 Å². The fraction of sp³-hybridized carbons (Fsp3) is 0.231. The first-order chi connectivity index (χ1) is 15.8. The maximum atomic E-state index is 14.0. The Labute approximate surface area is 190 Å². The zero-order valence-electron chi connectivity index (χ0n) is 18.6. The van der Waals surface area contributed by atoms with Gasteiger partial charge in [-0.05, 0) is 74.4 Å². The highest BCUT2D eigenvalue weighted by molar-refractivity contribution is 6.51. The molecule has 2 aromatic carbocycles. The van der Waals surface area contributed by atoms with E-state index in [2.05, 4.69) is 0 Å². The summed E-state index contributed by atoms with van der Waals surface area (Å²) in [5, 5.41) is 11.2. The van der Waals surface area contributed by atoms with E-state index in [4.69, 9.17) is 9.15 Å². The highest BCUT2D eigenvalue weighted by atomic mass is 19.1. The number of Topliss-reactive ketones (excluding diaryl/α,β-unsaturated/α-hetero) is 1. The third kappa shape index (κ3) is 4.14. The average molecular weight is 449 g/mol. The minimum absolute atomic E-state index is 0.125. The highest BCUT2D eigenvalue weighted by Crippen LogP contribution is 2.43. The van der Waals surface area contributed by atoms with E-state index in [0.717, 1.165) is 23.0 Å². The number of nitrogens with zero attached hydrogens (tertiary/aromatic N) is 1. The lowest BCUT2D eigenvalue weighted by Gasteiger charge is -2.23. The number of carbonyl (C=O) groups excluding carboxylic acids is 2. The van der Waals surface area contributed by atoms with Gasteiger partial charge in [-0.2, -0.15) is 0 Å². The number of ketones is 1. The van der Waals surface area contributed by atoms with E-state index < -0.39 is 23.5 Å². The van der Waals surface area contributed by atoms with E-state index in [1.165, 1.54) is 18.2 Å². The van der Waals surface area contributed by atoms with Crippen LogP contribution in [0.4, 0.5) is 10.1 Å². The molecule has 0 saturated carbocycles. The summed E-state index contributed by atoms with van der Waals surface area (Å²) in [6.45, 7) is 6.13. The van der Waals surface area contributed by atoms with Crippen LogP contribution in [-0.4, -0.2) is 23.4 Å². The van der Waals surface area contributed by atoms with Crippen molar-refractivity contribution in [2.24, 2.45) is 0 Å². The first kappa shape index (κ1) is 22.3. The van der Waals surface area contributed by atoms with E-state index in [0.29, 0.717) is 23.7 Å². The summed E-state index contributed by atoms with van der Waals surface area (Å²) < 4.78 is 25.4. The van der Waals surface area contributed by atoms with Gasteiger partial charge in [-0.25, -0.2) is 4.39 Å². The second-order valence-electron chi connectivity index (χ2n) is 7.93. The molecule has 0 radical (unpaired) electrons. The standard InChI is InChI=1S/C26H24FNO5/c1-4-12-32-20-11-9-17(13-15(20)2)24(29)22-23(21-10-8-16(3)33-21)28(26(31)25(22)30)19-7-5-6-18(27)14-19/h5-11,13-14,23,29H,4,12H2,1-3H3/b24-22-. The van der Waals surface area contributed by atoms with Gasteiger partial charge < -0.3 is 14.3 Å². The number of benzene rings is 2. The van der Waals surface area contributed by atoms with Crippen LogP contribution in [0.3, 0.4) is 0 Å². The Balaban J connectivity index is 1.86. The van der Waals surface area contributed by atoms with E-state index in [1.54, 1.807) is 37.3 Å². The molecule has 1 unspecified atom stereocenters. The predicted molar refractivity (Wildman–Crippen MR) is 122 cm³/mol. The van der Waals surface area contributed by atoms with Crippen molar-refractivity contribution in [1.29, 1.82) is 0 Å². The fourth-order valence-corrected chi connectivity index (χ4v) is 3.92. The maximum absolute atomic E-state index is 14.0. The van der Waals surface area contributed by atoms with Crippen molar-refractivity contribution in [2.45, 2.75) is 33.2 Å². The number of furan rings is 1. The van der Waals surface area contributed by atoms with Crippen molar-refractivity contribution in [3.8, 4) is 5.75 Å². The largest absolute Gasteiger partial charge is 0.507 e. The molecule has 1 atom stereocenters. The Morgan fingerprint density at radius 1 is 1.12 bits per heavy atom. The lowest BCUT2D eigenvalue weighted by atomic mass is 9.98. The molecule has 1 N–H and O–H groups in total. The number of rotatable bonds is 6. The minimum atomic E-state index is -1.04. The van der Waals surface area contributed by atoms with Crippen LogP contribution in [0.15, 0.2) is 64.6 Å². The molecule has 2 heterocycles. The third-order valence-corrected chi connectivity index (χ3v) is 5.47. The fourth-order valence-electron chi connectivity index (χ4n) is 3.92. The molecule has 6 nitrogen and oxygen atoms in total. The molecule has 1 aromatic heterocycles. The van der Waals surface area contributed by atoms with E-state index >= 15 is 0 Å². The van der Waals surface area contributed by atoms with Gasteiger partial charge in [-0.15, -0.1) is 0 Å². The number of aryl methyl sites for hydroxylation is 2. The molecule has 1 aliphatic rings. The summed E-state index contributed by atoms with van der Waals surface area (Å²) in [5.74, 6) is -1.11. The molecular weight excluding hydrogens is 425 g/mol. The lowest BCUT2D eigenvalue weighted by Crippen LogP contribution is -2.29. The highest BCUT2D eigenvalue weighted by Gasteiger charge is 2.48. The van der Waals surface area contributed by atoms with Crippen molar-refractivity contribution < 1.29 is 28.2 Å². The zero-order valence-corrected chi connectivity index (χ0v) is 18.6. The minimum Gasteiger partial charge on any atom is -0.507 e. The van der Waals surface area contributed by atoms with Gasteiger partial charge in [0.2, 0.25) is 0 Å². The van der Waals surface area contributed by atoms with Crippen LogP contribution in [0, 0.1) is 19.7 Å². The number of amides is 1. The first-order valence-electron chi connectivity index (χ1n) is 10.7. The molecule has 0 spiro atoms. The van der Waals surface area contributed by atoms with Crippen LogP contribution in [-0.2, 0) is 9.59 Å². The zero-order chi connectivity index (χ0) is 23.7. The summed E-state index contributed by atoms with van der Waals surface area (Å²) in [7, 11) is 0. The summed E-state index contributed by atoms with van der Waals surface area (Å²) >= 11 is 0. The van der Waals surface area contributed by atoms with Crippen LogP contribution in [0.5, 0.6) is 5.75 Å². The van der Waals surface area contributed by atoms with Gasteiger partial charge in [0.15, 0.2) is 0 Å². The van der Waals surface area contributed by atoms with Crippen molar-refractivity contribution in [3.05, 3.63) is 88.6 Å². The molecule has 1 saturated heterocycles. The summed E-state index contributed by atoms with van der Waals surface area (Å²) in [4.78, 5) is 27.3. The van der Waals surface area contributed by atoms with Crippen molar-refractivity contribution in [2.75, 3.05) is 11.5 Å². The Morgan fingerprint density at radius 3 is 2.55 bits per heavy atom. The molecule has 0 aliphatic carbocycles. The topological polar surface area (TPSA) is 80.0 Å². The molecule has 0 bridgehead atoms. The Kier molecular flexibility index (Phi) is 6.05. The number of ether oxygens (including phenoxy) is 1. The van der Waals surface area contributed by atoms with Crippen LogP contribution in [0.1, 0.15) is 42.0 Å². The molecule has 3 aromatic rings. The van der Waals surface area contributed by atoms with Gasteiger partial charge in [0, 0.05) is 11.3 Å². The van der Waals surface area contributed by atoms with Gasteiger partial charge in [-0.1, -0.05) is 13.0 Å². The van der Waals surface area contributed by atoms with Gasteiger partial charge in [0.1, 0.15) is 34.9 Å². The van der Waals surface area contributed by atoms with Gasteiger partial charge >= 0.3 is 0 Å². The van der Waals surface area contributed by atoms with E-state index in [-0.39, 0.29) is 22.8 Å². The van der Waals surface area contributed by atoms with Crippen molar-refractivity contribution >= 4 is 23.1 Å². The molecule has 1 amide bonds. The van der Waals surface area contributed by atoms with Crippen molar-refractivity contribution in [1.82, 2.24) is 0 Å². The molecular formula is C26H24FNO5. The average Bonchev–Trinajstić information content (AvgIpc) is 3.33. The smallest absolute Gasteiger partial charge is 0.300 e. The van der Waals surface area contributed by atoms with Gasteiger partial charge in [0.25, 0.3) is 11.7 Å². The second kappa shape index (κ2) is 8.94. The SMILES string of the molecule is CCCOc1ccc(/C(O)=C2/C(=O)C(=O)N(c3cccc(F)c3)C2c2ccc(C)o2)cc1C. The number of carbonyl (C=O) groups is 2. The van der Waals surface area contributed by atoms with Gasteiger partial charge in [-0.3, -0.25) is 14.5 Å². The van der Waals surface area contributed by atoms with Crippen LogP contribution >= 0.6 is 0 Å². The maximum Gasteiger partial charge on any atom is 0.300 e. The van der Waals surface area contributed by atoms with Crippen LogP contribution in [0.25, 0.3) is 5.76 Å². The molecule has 33 heavy (non-hydrogen) atoms. The number of halogens is 1. The van der Waals surface area contributed by atoms with Crippen molar-refractivity contribution in [3.63, 3.8) is 0 Å². The number of hydrogen-bond acceptors (Lipinski definition) is 5. The molecule has 4 rings (SSSR count). The molecule has 170 valence electrons. The Morgan fingerprint density at radius 2 is 1.91 bits per heavy atom.